The van der Waals surface area contributed by atoms with Crippen molar-refractivity contribution in [2.45, 2.75) is 58.6 Å². The zero-order valence-electron chi connectivity index (χ0n) is 12.7. The van der Waals surface area contributed by atoms with E-state index in [1.165, 1.54) is 0 Å². The zero-order chi connectivity index (χ0) is 15.6. The highest BCUT2D eigenvalue weighted by Gasteiger charge is 2.53. The number of hydrogen-bond donors (Lipinski definition) is 2. The van der Waals surface area contributed by atoms with E-state index >= 15 is 0 Å². The van der Waals surface area contributed by atoms with E-state index in [0.717, 1.165) is 19.3 Å². The molecule has 1 amide bonds. The fraction of sp³-hybridized carbons (Fsp3) is 0.733. The Morgan fingerprint density at radius 3 is 2.60 bits per heavy atom. The molecule has 1 rings (SSSR count). The number of amides is 1. The minimum atomic E-state index is -1.06. The Balaban J connectivity index is 2.52. The van der Waals surface area contributed by atoms with Crippen LogP contribution in [0, 0.1) is 11.3 Å². The van der Waals surface area contributed by atoms with Gasteiger partial charge in [0.25, 0.3) is 0 Å². The van der Waals surface area contributed by atoms with Gasteiger partial charge in [-0.15, -0.1) is 6.58 Å². The number of ether oxygens (including phenoxy) is 1. The zero-order valence-corrected chi connectivity index (χ0v) is 12.7. The third kappa shape index (κ3) is 4.25. The summed E-state index contributed by atoms with van der Waals surface area (Å²) in [5.41, 5.74) is -1.04. The molecule has 0 saturated heterocycles. The molecule has 3 atom stereocenters. The van der Waals surface area contributed by atoms with Crippen molar-refractivity contribution in [1.82, 2.24) is 5.32 Å². The Hall–Kier alpha value is -1.52. The molecule has 1 aliphatic carbocycles. The van der Waals surface area contributed by atoms with Gasteiger partial charge in [-0.25, -0.2) is 9.59 Å². The maximum Gasteiger partial charge on any atom is 0.408 e. The van der Waals surface area contributed by atoms with Gasteiger partial charge in [-0.1, -0.05) is 26.8 Å². The van der Waals surface area contributed by atoms with Crippen LogP contribution in [0.4, 0.5) is 4.79 Å². The molecule has 20 heavy (non-hydrogen) atoms. The summed E-state index contributed by atoms with van der Waals surface area (Å²) in [5, 5.41) is 11.6. The molecule has 1 saturated carbocycles. The number of carbonyl (C=O) groups is 2. The number of alkyl carbamates (subject to hydrolysis) is 1. The summed E-state index contributed by atoms with van der Waals surface area (Å²) in [6, 6.07) is -0.969. The molecule has 5 nitrogen and oxygen atoms in total. The first-order chi connectivity index (χ1) is 9.10. The summed E-state index contributed by atoms with van der Waals surface area (Å²) in [6.07, 6.45) is 3.84. The molecular formula is C15H25NO4. The standard InChI is InChI=1S/C15H25NO4/c1-6-7-8-10-9-15(10,5)20-13(19)16-11(12(17)18)14(2,3)4/h6,10-11H,1,7-9H2,2-5H3,(H,16,19)(H,17,18)/t10-,11+,15-/m0/s1. The summed E-state index contributed by atoms with van der Waals surface area (Å²) >= 11 is 0. The molecule has 1 fully saturated rings. The van der Waals surface area contributed by atoms with Gasteiger partial charge >= 0.3 is 12.1 Å². The van der Waals surface area contributed by atoms with Crippen LogP contribution in [-0.2, 0) is 9.53 Å². The van der Waals surface area contributed by atoms with Gasteiger partial charge in [0, 0.05) is 5.92 Å². The molecule has 0 aromatic carbocycles. The number of carboxylic acid groups (broad SMARTS) is 1. The van der Waals surface area contributed by atoms with Crippen LogP contribution in [-0.4, -0.2) is 28.8 Å². The predicted molar refractivity (Wildman–Crippen MR) is 76.4 cm³/mol. The topological polar surface area (TPSA) is 75.6 Å². The lowest BCUT2D eigenvalue weighted by molar-refractivity contribution is -0.142. The van der Waals surface area contributed by atoms with E-state index in [2.05, 4.69) is 11.9 Å². The summed E-state index contributed by atoms with van der Waals surface area (Å²) < 4.78 is 5.39. The van der Waals surface area contributed by atoms with Gasteiger partial charge < -0.3 is 15.2 Å². The maximum atomic E-state index is 11.9. The molecular weight excluding hydrogens is 258 g/mol. The third-order valence-corrected chi connectivity index (χ3v) is 3.78. The molecule has 5 heteroatoms. The average molecular weight is 283 g/mol. The first-order valence-electron chi connectivity index (χ1n) is 6.93. The van der Waals surface area contributed by atoms with E-state index in [9.17, 15) is 9.59 Å². The molecule has 2 N–H and O–H groups in total. The Morgan fingerprint density at radius 2 is 2.15 bits per heavy atom. The van der Waals surface area contributed by atoms with E-state index in [1.54, 1.807) is 20.8 Å². The fourth-order valence-corrected chi connectivity index (χ4v) is 2.29. The Labute approximate surface area is 120 Å². The monoisotopic (exact) mass is 283 g/mol. The molecule has 0 radical (unpaired) electrons. The Kier molecular flexibility index (Phi) is 4.84. The minimum Gasteiger partial charge on any atom is -0.480 e. The van der Waals surface area contributed by atoms with Crippen LogP contribution >= 0.6 is 0 Å². The predicted octanol–water partition coefficient (Wildman–Crippen LogP) is 2.96. The number of carbonyl (C=O) groups excluding carboxylic acids is 1. The Bertz CT molecular complexity index is 399. The van der Waals surface area contributed by atoms with Crippen molar-refractivity contribution in [2.75, 3.05) is 0 Å². The van der Waals surface area contributed by atoms with E-state index < -0.39 is 29.1 Å². The van der Waals surface area contributed by atoms with Crippen LogP contribution in [0.25, 0.3) is 0 Å². The number of rotatable bonds is 6. The maximum absolute atomic E-state index is 11.9. The van der Waals surface area contributed by atoms with E-state index in [4.69, 9.17) is 9.84 Å². The van der Waals surface area contributed by atoms with Gasteiger partial charge in [-0.05, 0) is 31.6 Å². The number of allylic oxidation sites excluding steroid dienone is 1. The Morgan fingerprint density at radius 1 is 1.55 bits per heavy atom. The first kappa shape index (κ1) is 16.5. The first-order valence-corrected chi connectivity index (χ1v) is 6.93. The van der Waals surface area contributed by atoms with Crippen molar-refractivity contribution in [1.29, 1.82) is 0 Å². The molecule has 1 aliphatic rings. The normalized spacial score (nSPS) is 26.5. The van der Waals surface area contributed by atoms with Crippen LogP contribution in [0.15, 0.2) is 12.7 Å². The van der Waals surface area contributed by atoms with Gasteiger partial charge in [-0.2, -0.15) is 0 Å². The lowest BCUT2D eigenvalue weighted by atomic mass is 9.87. The summed E-state index contributed by atoms with van der Waals surface area (Å²) in [5.74, 6) is -0.720. The third-order valence-electron chi connectivity index (χ3n) is 3.78. The van der Waals surface area contributed by atoms with Crippen LogP contribution in [0.3, 0.4) is 0 Å². The van der Waals surface area contributed by atoms with Gasteiger partial charge in [0.2, 0.25) is 0 Å². The molecule has 114 valence electrons. The van der Waals surface area contributed by atoms with Crippen molar-refractivity contribution in [2.24, 2.45) is 11.3 Å². The van der Waals surface area contributed by atoms with Crippen LogP contribution in [0.2, 0.25) is 0 Å². The fourth-order valence-electron chi connectivity index (χ4n) is 2.29. The molecule has 0 heterocycles. The highest BCUT2D eigenvalue weighted by molar-refractivity contribution is 5.80. The van der Waals surface area contributed by atoms with Crippen molar-refractivity contribution < 1.29 is 19.4 Å². The minimum absolute atomic E-state index is 0.337. The van der Waals surface area contributed by atoms with Crippen molar-refractivity contribution in [3.05, 3.63) is 12.7 Å². The molecule has 0 bridgehead atoms. The number of nitrogens with one attached hydrogen (secondary N) is 1. The van der Waals surface area contributed by atoms with Crippen LogP contribution in [0.5, 0.6) is 0 Å². The van der Waals surface area contributed by atoms with Gasteiger partial charge in [0.1, 0.15) is 11.6 Å². The second kappa shape index (κ2) is 5.85. The summed E-state index contributed by atoms with van der Waals surface area (Å²) in [6.45, 7) is 10.8. The molecule has 0 unspecified atom stereocenters. The largest absolute Gasteiger partial charge is 0.480 e. The van der Waals surface area contributed by atoms with Crippen LogP contribution < -0.4 is 5.32 Å². The molecule has 0 aromatic heterocycles. The van der Waals surface area contributed by atoms with Gasteiger partial charge in [0.15, 0.2) is 0 Å². The SMILES string of the molecule is C=CCC[C@H]1C[C@]1(C)OC(=O)N[C@H](C(=O)O)C(C)(C)C. The number of carboxylic acids is 1. The van der Waals surface area contributed by atoms with Gasteiger partial charge in [-0.3, -0.25) is 0 Å². The lowest BCUT2D eigenvalue weighted by Crippen LogP contribution is -2.50. The quantitative estimate of drug-likeness (QED) is 0.735. The molecule has 0 aliphatic heterocycles. The average Bonchev–Trinajstić information content (AvgIpc) is 2.91. The van der Waals surface area contributed by atoms with Gasteiger partial charge in [0.05, 0.1) is 0 Å². The van der Waals surface area contributed by atoms with Crippen molar-refractivity contribution >= 4 is 12.1 Å². The van der Waals surface area contributed by atoms with Crippen LogP contribution in [0.1, 0.15) is 47.0 Å². The van der Waals surface area contributed by atoms with E-state index in [0.29, 0.717) is 5.92 Å². The highest BCUT2D eigenvalue weighted by atomic mass is 16.6. The van der Waals surface area contributed by atoms with Crippen molar-refractivity contribution in [3.8, 4) is 0 Å². The van der Waals surface area contributed by atoms with E-state index in [1.807, 2.05) is 13.0 Å². The highest BCUT2D eigenvalue weighted by Crippen LogP contribution is 2.49. The summed E-state index contributed by atoms with van der Waals surface area (Å²) in [4.78, 5) is 23.0. The van der Waals surface area contributed by atoms with E-state index in [-0.39, 0.29) is 0 Å². The second-order valence-corrected chi connectivity index (χ2v) is 6.75. The van der Waals surface area contributed by atoms with Crippen molar-refractivity contribution in [3.63, 3.8) is 0 Å². The lowest BCUT2D eigenvalue weighted by Gasteiger charge is -2.28. The second-order valence-electron chi connectivity index (χ2n) is 6.75. The number of hydrogen-bond acceptors (Lipinski definition) is 3. The molecule has 0 aromatic rings. The smallest absolute Gasteiger partial charge is 0.408 e. The number of aliphatic carboxylic acids is 1. The summed E-state index contributed by atoms with van der Waals surface area (Å²) in [7, 11) is 0. The molecule has 0 spiro atoms.